The fourth-order valence-electron chi connectivity index (χ4n) is 2.06. The van der Waals surface area contributed by atoms with Gasteiger partial charge in [0.15, 0.2) is 5.69 Å². The first-order chi connectivity index (χ1) is 9.90. The number of nitrogens with one attached hydrogen (secondary N) is 1. The van der Waals surface area contributed by atoms with E-state index in [0.717, 1.165) is 5.56 Å². The molecule has 0 bridgehead atoms. The van der Waals surface area contributed by atoms with E-state index >= 15 is 0 Å². The van der Waals surface area contributed by atoms with Crippen LogP contribution in [0.2, 0.25) is 5.02 Å². The molecule has 5 nitrogen and oxygen atoms in total. The predicted molar refractivity (Wildman–Crippen MR) is 84.2 cm³/mol. The van der Waals surface area contributed by atoms with Crippen molar-refractivity contribution in [3.8, 4) is 0 Å². The summed E-state index contributed by atoms with van der Waals surface area (Å²) in [6.45, 7) is 6.16. The fraction of sp³-hybridized carbons (Fsp3) is 0.333. The Morgan fingerprint density at radius 3 is 2.71 bits per heavy atom. The number of carbonyl (C=O) groups is 1. The highest BCUT2D eigenvalue weighted by Crippen LogP contribution is 2.19. The van der Waals surface area contributed by atoms with Crippen LogP contribution in [0.15, 0.2) is 24.3 Å². The number of halogens is 1. The van der Waals surface area contributed by atoms with E-state index < -0.39 is 0 Å². The van der Waals surface area contributed by atoms with Crippen LogP contribution in [0.1, 0.15) is 35.6 Å². The number of hydrogen-bond donors (Lipinski definition) is 2. The number of benzene rings is 1. The van der Waals surface area contributed by atoms with Crippen LogP contribution in [-0.4, -0.2) is 27.0 Å². The van der Waals surface area contributed by atoms with Gasteiger partial charge < -0.3 is 10.6 Å². The van der Waals surface area contributed by atoms with Gasteiger partial charge in [0, 0.05) is 17.6 Å². The fourth-order valence-corrected chi connectivity index (χ4v) is 2.27. The summed E-state index contributed by atoms with van der Waals surface area (Å²) >= 11 is 5.99. The van der Waals surface area contributed by atoms with Gasteiger partial charge in [-0.1, -0.05) is 23.7 Å². The first kappa shape index (κ1) is 15.4. The highest BCUT2D eigenvalue weighted by Gasteiger charge is 2.24. The van der Waals surface area contributed by atoms with Gasteiger partial charge in [-0.2, -0.15) is 5.10 Å². The third kappa shape index (κ3) is 3.36. The average molecular weight is 307 g/mol. The SMILES string of the molecule is Cc1[nH]nc(C(=O)N(Cc2cccc(Cl)c2)C(C)C)c1N. The Kier molecular flexibility index (Phi) is 4.53. The average Bonchev–Trinajstić information content (AvgIpc) is 2.75. The van der Waals surface area contributed by atoms with Gasteiger partial charge in [0.05, 0.1) is 11.4 Å². The molecule has 112 valence electrons. The molecule has 1 aromatic carbocycles. The molecule has 0 unspecified atom stereocenters. The summed E-state index contributed by atoms with van der Waals surface area (Å²) < 4.78 is 0. The van der Waals surface area contributed by atoms with E-state index in [1.807, 2.05) is 38.1 Å². The number of H-pyrrole nitrogens is 1. The molecule has 1 heterocycles. The van der Waals surface area contributed by atoms with Gasteiger partial charge in [-0.15, -0.1) is 0 Å². The van der Waals surface area contributed by atoms with Crippen LogP contribution in [0.3, 0.4) is 0 Å². The van der Waals surface area contributed by atoms with Crippen molar-refractivity contribution in [1.29, 1.82) is 0 Å². The van der Waals surface area contributed by atoms with E-state index in [2.05, 4.69) is 10.2 Å². The Labute approximate surface area is 129 Å². The van der Waals surface area contributed by atoms with Crippen LogP contribution in [0.25, 0.3) is 0 Å². The van der Waals surface area contributed by atoms with E-state index in [9.17, 15) is 4.79 Å². The predicted octanol–water partition coefficient (Wildman–Crippen LogP) is 3.00. The molecule has 0 spiro atoms. The van der Waals surface area contributed by atoms with Crippen LogP contribution in [-0.2, 0) is 6.54 Å². The summed E-state index contributed by atoms with van der Waals surface area (Å²) in [5, 5.41) is 7.40. The lowest BCUT2D eigenvalue weighted by molar-refractivity contribution is 0.0685. The quantitative estimate of drug-likeness (QED) is 0.911. The molecule has 21 heavy (non-hydrogen) atoms. The third-order valence-electron chi connectivity index (χ3n) is 3.32. The zero-order chi connectivity index (χ0) is 15.6. The van der Waals surface area contributed by atoms with E-state index in [0.29, 0.717) is 22.9 Å². The summed E-state index contributed by atoms with van der Waals surface area (Å²) in [7, 11) is 0. The van der Waals surface area contributed by atoms with Gasteiger partial charge >= 0.3 is 0 Å². The van der Waals surface area contributed by atoms with Gasteiger partial charge in [0.2, 0.25) is 0 Å². The number of aryl methyl sites for hydroxylation is 1. The molecule has 3 N–H and O–H groups in total. The van der Waals surface area contributed by atoms with Crippen molar-refractivity contribution in [2.45, 2.75) is 33.4 Å². The molecule has 0 aliphatic carbocycles. The molecule has 0 atom stereocenters. The molecule has 0 aliphatic heterocycles. The molecular formula is C15H19ClN4O. The highest BCUT2D eigenvalue weighted by molar-refractivity contribution is 6.30. The number of amides is 1. The number of anilines is 1. The summed E-state index contributed by atoms with van der Waals surface area (Å²) in [5.41, 5.74) is 8.23. The molecule has 0 fully saturated rings. The number of aromatic amines is 1. The molecule has 2 aromatic rings. The number of carbonyl (C=O) groups excluding carboxylic acids is 1. The molecule has 0 saturated carbocycles. The van der Waals surface area contributed by atoms with Crippen molar-refractivity contribution >= 4 is 23.2 Å². The highest BCUT2D eigenvalue weighted by atomic mass is 35.5. The van der Waals surface area contributed by atoms with E-state index in [1.54, 1.807) is 11.8 Å². The van der Waals surface area contributed by atoms with E-state index in [-0.39, 0.29) is 17.6 Å². The first-order valence-corrected chi connectivity index (χ1v) is 7.13. The number of nitrogens with zero attached hydrogens (tertiary/aromatic N) is 2. The van der Waals surface area contributed by atoms with Crippen LogP contribution in [0, 0.1) is 6.92 Å². The lowest BCUT2D eigenvalue weighted by Gasteiger charge is -2.26. The summed E-state index contributed by atoms with van der Waals surface area (Å²) in [6.07, 6.45) is 0. The third-order valence-corrected chi connectivity index (χ3v) is 3.56. The van der Waals surface area contributed by atoms with Gasteiger partial charge in [-0.25, -0.2) is 0 Å². The van der Waals surface area contributed by atoms with E-state index in [4.69, 9.17) is 17.3 Å². The molecule has 1 amide bonds. The maximum Gasteiger partial charge on any atom is 0.277 e. The van der Waals surface area contributed by atoms with Crippen molar-refractivity contribution in [2.24, 2.45) is 0 Å². The van der Waals surface area contributed by atoms with Crippen molar-refractivity contribution in [2.75, 3.05) is 5.73 Å². The Balaban J connectivity index is 2.27. The Morgan fingerprint density at radius 2 is 2.19 bits per heavy atom. The Hall–Kier alpha value is -2.01. The molecule has 6 heteroatoms. The van der Waals surface area contributed by atoms with Crippen molar-refractivity contribution in [3.63, 3.8) is 0 Å². The minimum absolute atomic E-state index is 0.0212. The maximum absolute atomic E-state index is 12.6. The van der Waals surface area contributed by atoms with Crippen molar-refractivity contribution in [3.05, 3.63) is 46.2 Å². The Morgan fingerprint density at radius 1 is 1.48 bits per heavy atom. The standard InChI is InChI=1S/C15H19ClN4O/c1-9(2)20(8-11-5-4-6-12(16)7-11)15(21)14-13(17)10(3)18-19-14/h4-7,9H,8,17H2,1-3H3,(H,18,19). The van der Waals surface area contributed by atoms with Crippen LogP contribution >= 0.6 is 11.6 Å². The number of hydrogen-bond acceptors (Lipinski definition) is 3. The maximum atomic E-state index is 12.6. The summed E-state index contributed by atoms with van der Waals surface area (Å²) in [5.74, 6) is -0.188. The zero-order valence-electron chi connectivity index (χ0n) is 12.4. The molecule has 0 radical (unpaired) electrons. The van der Waals surface area contributed by atoms with Crippen LogP contribution < -0.4 is 5.73 Å². The smallest absolute Gasteiger partial charge is 0.277 e. The lowest BCUT2D eigenvalue weighted by atomic mass is 10.1. The topological polar surface area (TPSA) is 75.0 Å². The van der Waals surface area contributed by atoms with Crippen molar-refractivity contribution < 1.29 is 4.79 Å². The lowest BCUT2D eigenvalue weighted by Crippen LogP contribution is -2.37. The van der Waals surface area contributed by atoms with Crippen LogP contribution in [0.5, 0.6) is 0 Å². The molecule has 1 aromatic heterocycles. The normalized spacial score (nSPS) is 10.9. The largest absolute Gasteiger partial charge is 0.395 e. The summed E-state index contributed by atoms with van der Waals surface area (Å²) in [4.78, 5) is 14.4. The van der Waals surface area contributed by atoms with Gasteiger partial charge in [0.25, 0.3) is 5.91 Å². The van der Waals surface area contributed by atoms with Crippen molar-refractivity contribution in [1.82, 2.24) is 15.1 Å². The monoisotopic (exact) mass is 306 g/mol. The Bertz CT molecular complexity index is 651. The molecule has 0 aliphatic rings. The second-order valence-corrected chi connectivity index (χ2v) is 5.70. The minimum atomic E-state index is -0.188. The minimum Gasteiger partial charge on any atom is -0.395 e. The molecule has 0 saturated heterocycles. The summed E-state index contributed by atoms with van der Waals surface area (Å²) in [6, 6.07) is 7.49. The molecular weight excluding hydrogens is 288 g/mol. The van der Waals surface area contributed by atoms with Gasteiger partial charge in [-0.3, -0.25) is 9.89 Å². The van der Waals surface area contributed by atoms with Gasteiger partial charge in [-0.05, 0) is 38.5 Å². The number of rotatable bonds is 4. The second-order valence-electron chi connectivity index (χ2n) is 5.27. The number of nitrogen functional groups attached to an aromatic ring is 1. The second kappa shape index (κ2) is 6.18. The molecule has 2 rings (SSSR count). The van der Waals surface area contributed by atoms with Crippen LogP contribution in [0.4, 0.5) is 5.69 Å². The van der Waals surface area contributed by atoms with E-state index in [1.165, 1.54) is 0 Å². The number of nitrogens with two attached hydrogens (primary N) is 1. The van der Waals surface area contributed by atoms with Gasteiger partial charge in [0.1, 0.15) is 0 Å². The number of aromatic nitrogens is 2. The first-order valence-electron chi connectivity index (χ1n) is 6.76. The zero-order valence-corrected chi connectivity index (χ0v) is 13.1.